The molecule has 0 saturated carbocycles. The summed E-state index contributed by atoms with van der Waals surface area (Å²) in [5.41, 5.74) is 7.21. The van der Waals surface area contributed by atoms with Crippen LogP contribution in [0.15, 0.2) is 24.3 Å². The van der Waals surface area contributed by atoms with Crippen molar-refractivity contribution in [3.8, 4) is 0 Å². The highest BCUT2D eigenvalue weighted by molar-refractivity contribution is 6.31. The Kier molecular flexibility index (Phi) is 4.84. The summed E-state index contributed by atoms with van der Waals surface area (Å²) in [4.78, 5) is 0. The molecular formula is C14H20ClNO. The van der Waals surface area contributed by atoms with Gasteiger partial charge in [-0.05, 0) is 43.7 Å². The zero-order valence-corrected chi connectivity index (χ0v) is 10.8. The average molecular weight is 254 g/mol. The molecule has 0 amide bonds. The van der Waals surface area contributed by atoms with E-state index >= 15 is 0 Å². The minimum Gasteiger partial charge on any atom is -0.378 e. The highest BCUT2D eigenvalue weighted by Crippen LogP contribution is 2.26. The van der Waals surface area contributed by atoms with Crippen LogP contribution in [-0.2, 0) is 4.74 Å². The highest BCUT2D eigenvalue weighted by atomic mass is 35.5. The highest BCUT2D eigenvalue weighted by Gasteiger charge is 2.16. The third-order valence-corrected chi connectivity index (χ3v) is 3.71. The van der Waals surface area contributed by atoms with Gasteiger partial charge in [0.05, 0.1) is 6.10 Å². The molecule has 0 aromatic heterocycles. The van der Waals surface area contributed by atoms with E-state index in [0.717, 1.165) is 36.5 Å². The van der Waals surface area contributed by atoms with Gasteiger partial charge in [-0.25, -0.2) is 0 Å². The Labute approximate surface area is 108 Å². The lowest BCUT2D eigenvalue weighted by Gasteiger charge is -2.15. The number of hydrogen-bond acceptors (Lipinski definition) is 2. The smallest absolute Gasteiger partial charge is 0.0576 e. The molecule has 1 aliphatic heterocycles. The zero-order valence-electron chi connectivity index (χ0n) is 10.1. The summed E-state index contributed by atoms with van der Waals surface area (Å²) in [6.45, 7) is 0.932. The van der Waals surface area contributed by atoms with Crippen LogP contribution in [0.5, 0.6) is 0 Å². The molecule has 2 atom stereocenters. The number of rotatable bonds is 5. The normalized spacial score (nSPS) is 21.6. The molecule has 94 valence electrons. The van der Waals surface area contributed by atoms with Crippen LogP contribution in [0.3, 0.4) is 0 Å². The Balaban J connectivity index is 1.77. The lowest BCUT2D eigenvalue weighted by Crippen LogP contribution is -2.12. The van der Waals surface area contributed by atoms with Crippen molar-refractivity contribution in [3.05, 3.63) is 34.9 Å². The van der Waals surface area contributed by atoms with E-state index in [9.17, 15) is 0 Å². The van der Waals surface area contributed by atoms with Crippen LogP contribution in [0.25, 0.3) is 0 Å². The Morgan fingerprint density at radius 3 is 2.94 bits per heavy atom. The Hall–Kier alpha value is -0.570. The molecule has 1 saturated heterocycles. The molecule has 2 nitrogen and oxygen atoms in total. The van der Waals surface area contributed by atoms with E-state index in [2.05, 4.69) is 0 Å². The second kappa shape index (κ2) is 6.39. The SMILES string of the molecule is NC(CCCC1CCCO1)c1ccccc1Cl. The standard InChI is InChI=1S/C14H20ClNO/c15-13-8-2-1-7-12(13)14(16)9-3-5-11-6-4-10-17-11/h1-2,7-8,11,14H,3-6,9-10,16H2. The van der Waals surface area contributed by atoms with E-state index in [1.54, 1.807) is 0 Å². The summed E-state index contributed by atoms with van der Waals surface area (Å²) < 4.78 is 5.60. The van der Waals surface area contributed by atoms with Crippen LogP contribution in [-0.4, -0.2) is 12.7 Å². The maximum atomic E-state index is 6.16. The maximum absolute atomic E-state index is 6.16. The van der Waals surface area contributed by atoms with Gasteiger partial charge in [0.25, 0.3) is 0 Å². The topological polar surface area (TPSA) is 35.2 Å². The number of hydrogen-bond donors (Lipinski definition) is 1. The van der Waals surface area contributed by atoms with Crippen molar-refractivity contribution in [2.45, 2.75) is 44.2 Å². The fourth-order valence-corrected chi connectivity index (χ4v) is 2.64. The van der Waals surface area contributed by atoms with Gasteiger partial charge in [-0.1, -0.05) is 29.8 Å². The lowest BCUT2D eigenvalue weighted by atomic mass is 10.00. The third kappa shape index (κ3) is 3.70. The second-order valence-corrected chi connectivity index (χ2v) is 5.10. The van der Waals surface area contributed by atoms with Crippen LogP contribution in [0.1, 0.15) is 43.7 Å². The monoisotopic (exact) mass is 253 g/mol. The van der Waals surface area contributed by atoms with E-state index in [1.807, 2.05) is 24.3 Å². The van der Waals surface area contributed by atoms with Crippen molar-refractivity contribution in [1.29, 1.82) is 0 Å². The van der Waals surface area contributed by atoms with Gasteiger partial charge >= 0.3 is 0 Å². The van der Waals surface area contributed by atoms with Gasteiger partial charge in [0.15, 0.2) is 0 Å². The van der Waals surface area contributed by atoms with E-state index in [-0.39, 0.29) is 6.04 Å². The molecule has 0 radical (unpaired) electrons. The maximum Gasteiger partial charge on any atom is 0.0576 e. The first-order chi connectivity index (χ1) is 8.27. The summed E-state index contributed by atoms with van der Waals surface area (Å²) >= 11 is 6.12. The van der Waals surface area contributed by atoms with E-state index < -0.39 is 0 Å². The van der Waals surface area contributed by atoms with Gasteiger partial charge in [-0.3, -0.25) is 0 Å². The third-order valence-electron chi connectivity index (χ3n) is 3.37. The van der Waals surface area contributed by atoms with Crippen molar-refractivity contribution < 1.29 is 4.74 Å². The van der Waals surface area contributed by atoms with E-state index in [0.29, 0.717) is 6.10 Å². The summed E-state index contributed by atoms with van der Waals surface area (Å²) in [5.74, 6) is 0. The quantitative estimate of drug-likeness (QED) is 0.869. The Morgan fingerprint density at radius 1 is 1.41 bits per heavy atom. The molecule has 0 aliphatic carbocycles. The molecule has 1 fully saturated rings. The minimum absolute atomic E-state index is 0.0464. The number of benzene rings is 1. The van der Waals surface area contributed by atoms with Crippen molar-refractivity contribution in [1.82, 2.24) is 0 Å². The summed E-state index contributed by atoms with van der Waals surface area (Å²) in [5, 5.41) is 0.775. The average Bonchev–Trinajstić information content (AvgIpc) is 2.82. The first kappa shape index (κ1) is 12.9. The van der Waals surface area contributed by atoms with Crippen LogP contribution in [0.4, 0.5) is 0 Å². The molecule has 2 N–H and O–H groups in total. The predicted octanol–water partition coefficient (Wildman–Crippen LogP) is 3.69. The Morgan fingerprint density at radius 2 is 2.24 bits per heavy atom. The molecule has 1 aliphatic rings. The van der Waals surface area contributed by atoms with Gasteiger partial charge in [0, 0.05) is 17.7 Å². The van der Waals surface area contributed by atoms with Crippen LogP contribution in [0, 0.1) is 0 Å². The summed E-state index contributed by atoms with van der Waals surface area (Å²) in [6.07, 6.45) is 6.09. The van der Waals surface area contributed by atoms with Gasteiger partial charge in [0.2, 0.25) is 0 Å². The van der Waals surface area contributed by atoms with Crippen LogP contribution >= 0.6 is 11.6 Å². The molecular weight excluding hydrogens is 234 g/mol. The van der Waals surface area contributed by atoms with Gasteiger partial charge in [-0.2, -0.15) is 0 Å². The van der Waals surface area contributed by atoms with E-state index in [4.69, 9.17) is 22.1 Å². The van der Waals surface area contributed by atoms with Crippen LogP contribution in [0.2, 0.25) is 5.02 Å². The van der Waals surface area contributed by atoms with Gasteiger partial charge in [0.1, 0.15) is 0 Å². The van der Waals surface area contributed by atoms with Gasteiger partial charge < -0.3 is 10.5 Å². The number of halogens is 1. The van der Waals surface area contributed by atoms with Crippen molar-refractivity contribution in [2.24, 2.45) is 5.73 Å². The van der Waals surface area contributed by atoms with Crippen LogP contribution < -0.4 is 5.73 Å². The molecule has 0 spiro atoms. The molecule has 0 bridgehead atoms. The molecule has 17 heavy (non-hydrogen) atoms. The molecule has 1 aromatic carbocycles. The second-order valence-electron chi connectivity index (χ2n) is 4.69. The molecule has 2 unspecified atom stereocenters. The van der Waals surface area contributed by atoms with Crippen molar-refractivity contribution in [2.75, 3.05) is 6.61 Å². The van der Waals surface area contributed by atoms with Crippen molar-refractivity contribution >= 4 is 11.6 Å². The molecule has 1 aromatic rings. The summed E-state index contributed by atoms with van der Waals surface area (Å²) in [6, 6.07) is 7.88. The Bertz CT molecular complexity index is 350. The fourth-order valence-electron chi connectivity index (χ4n) is 2.37. The minimum atomic E-state index is 0.0464. The summed E-state index contributed by atoms with van der Waals surface area (Å²) in [7, 11) is 0. The molecule has 1 heterocycles. The predicted molar refractivity (Wildman–Crippen MR) is 71.2 cm³/mol. The lowest BCUT2D eigenvalue weighted by molar-refractivity contribution is 0.101. The fraction of sp³-hybridized carbons (Fsp3) is 0.571. The molecule has 3 heteroatoms. The first-order valence-electron chi connectivity index (χ1n) is 6.39. The number of ether oxygens (including phenoxy) is 1. The largest absolute Gasteiger partial charge is 0.378 e. The first-order valence-corrected chi connectivity index (χ1v) is 6.77. The zero-order chi connectivity index (χ0) is 12.1. The van der Waals surface area contributed by atoms with Crippen molar-refractivity contribution in [3.63, 3.8) is 0 Å². The van der Waals surface area contributed by atoms with Gasteiger partial charge in [-0.15, -0.1) is 0 Å². The number of nitrogens with two attached hydrogens (primary N) is 1. The molecule has 2 rings (SSSR count). The van der Waals surface area contributed by atoms with E-state index in [1.165, 1.54) is 12.8 Å².